The Morgan fingerprint density at radius 1 is 1.19 bits per heavy atom. The van der Waals surface area contributed by atoms with Crippen molar-refractivity contribution < 1.29 is 4.79 Å². The van der Waals surface area contributed by atoms with E-state index in [0.717, 1.165) is 22.2 Å². The molecule has 0 fully saturated rings. The van der Waals surface area contributed by atoms with Crippen molar-refractivity contribution in [2.24, 2.45) is 0 Å². The zero-order valence-electron chi connectivity index (χ0n) is 15.2. The van der Waals surface area contributed by atoms with Crippen molar-refractivity contribution in [1.29, 1.82) is 5.26 Å². The molecular weight excluding hydrogens is 324 g/mol. The van der Waals surface area contributed by atoms with Gasteiger partial charge in [0, 0.05) is 5.39 Å². The van der Waals surface area contributed by atoms with Gasteiger partial charge in [0.2, 0.25) is 5.91 Å². The van der Waals surface area contributed by atoms with Gasteiger partial charge in [0.05, 0.1) is 23.7 Å². The molecule has 1 aromatic heterocycles. The summed E-state index contributed by atoms with van der Waals surface area (Å²) in [5, 5.41) is 20.3. The zero-order chi connectivity index (χ0) is 18.7. The van der Waals surface area contributed by atoms with Crippen LogP contribution in [-0.4, -0.2) is 16.1 Å². The molecule has 0 saturated carbocycles. The number of carbonyl (C=O) groups excluding carboxylic acids is 1. The van der Waals surface area contributed by atoms with E-state index in [2.05, 4.69) is 42.4 Å². The third-order valence-electron chi connectivity index (χ3n) is 4.42. The molecular formula is C21H22N4O. The first-order valence-corrected chi connectivity index (χ1v) is 8.60. The molecule has 3 rings (SSSR count). The van der Waals surface area contributed by atoms with Crippen molar-refractivity contribution in [2.45, 2.75) is 38.6 Å². The Kier molecular flexibility index (Phi) is 4.77. The maximum absolute atomic E-state index is 12.4. The number of hydrogen-bond acceptors (Lipinski definition) is 3. The molecule has 0 aliphatic heterocycles. The van der Waals surface area contributed by atoms with Crippen molar-refractivity contribution in [3.8, 4) is 6.07 Å². The third kappa shape index (κ3) is 3.75. The SMILES string of the molecule is CC(C)(C)c1ccc(C(C#N)NC(=O)Cc2[nH]nc3ccccc23)cc1. The first-order chi connectivity index (χ1) is 12.4. The lowest BCUT2D eigenvalue weighted by Gasteiger charge is -2.20. The molecule has 0 aliphatic carbocycles. The minimum absolute atomic E-state index is 0.0472. The molecule has 0 spiro atoms. The number of aromatic nitrogens is 2. The lowest BCUT2D eigenvalue weighted by molar-refractivity contribution is -0.120. The highest BCUT2D eigenvalue weighted by Gasteiger charge is 2.18. The fourth-order valence-electron chi connectivity index (χ4n) is 2.89. The van der Waals surface area contributed by atoms with Crippen LogP contribution in [0.5, 0.6) is 0 Å². The van der Waals surface area contributed by atoms with E-state index in [1.807, 2.05) is 48.5 Å². The maximum Gasteiger partial charge on any atom is 0.227 e. The van der Waals surface area contributed by atoms with Gasteiger partial charge in [-0.15, -0.1) is 0 Å². The highest BCUT2D eigenvalue weighted by molar-refractivity contribution is 5.87. The molecule has 132 valence electrons. The number of nitrogens with one attached hydrogen (secondary N) is 2. The van der Waals surface area contributed by atoms with Gasteiger partial charge >= 0.3 is 0 Å². The Balaban J connectivity index is 1.72. The first-order valence-electron chi connectivity index (χ1n) is 8.60. The molecule has 1 atom stereocenters. The van der Waals surface area contributed by atoms with Gasteiger partial charge in [0.15, 0.2) is 0 Å². The number of H-pyrrole nitrogens is 1. The van der Waals surface area contributed by atoms with Crippen LogP contribution in [0.3, 0.4) is 0 Å². The van der Waals surface area contributed by atoms with Crippen molar-refractivity contribution in [2.75, 3.05) is 0 Å². The molecule has 2 N–H and O–H groups in total. The Morgan fingerprint density at radius 3 is 2.54 bits per heavy atom. The van der Waals surface area contributed by atoms with E-state index in [9.17, 15) is 10.1 Å². The summed E-state index contributed by atoms with van der Waals surface area (Å²) in [6.07, 6.45) is 0.152. The molecule has 3 aromatic rings. The second kappa shape index (κ2) is 7.01. The summed E-state index contributed by atoms with van der Waals surface area (Å²) in [5.41, 5.74) is 3.59. The normalized spacial score (nSPS) is 12.5. The Labute approximate surface area is 153 Å². The molecule has 1 amide bonds. The van der Waals surface area contributed by atoms with Crippen molar-refractivity contribution in [3.05, 3.63) is 65.4 Å². The van der Waals surface area contributed by atoms with E-state index in [1.54, 1.807) is 0 Å². The van der Waals surface area contributed by atoms with Gasteiger partial charge in [-0.25, -0.2) is 0 Å². The summed E-state index contributed by atoms with van der Waals surface area (Å²) in [6.45, 7) is 6.42. The van der Waals surface area contributed by atoms with E-state index < -0.39 is 6.04 Å². The molecule has 26 heavy (non-hydrogen) atoms. The van der Waals surface area contributed by atoms with Gasteiger partial charge in [-0.2, -0.15) is 10.4 Å². The topological polar surface area (TPSA) is 81.6 Å². The number of benzene rings is 2. The van der Waals surface area contributed by atoms with E-state index in [0.29, 0.717) is 0 Å². The van der Waals surface area contributed by atoms with Crippen LogP contribution in [0.4, 0.5) is 0 Å². The summed E-state index contributed by atoms with van der Waals surface area (Å²) >= 11 is 0. The Morgan fingerprint density at radius 2 is 1.88 bits per heavy atom. The van der Waals surface area contributed by atoms with Gasteiger partial charge in [-0.3, -0.25) is 9.89 Å². The fraction of sp³-hybridized carbons (Fsp3) is 0.286. The van der Waals surface area contributed by atoms with E-state index in [4.69, 9.17) is 0 Å². The van der Waals surface area contributed by atoms with Crippen LogP contribution < -0.4 is 5.32 Å². The Bertz CT molecular complexity index is 958. The highest BCUT2D eigenvalue weighted by Crippen LogP contribution is 2.24. The number of nitrogens with zero attached hydrogens (tertiary/aromatic N) is 2. The number of nitriles is 1. The number of fused-ring (bicyclic) bond motifs is 1. The third-order valence-corrected chi connectivity index (χ3v) is 4.42. The summed E-state index contributed by atoms with van der Waals surface area (Å²) in [5.74, 6) is -0.217. The summed E-state index contributed by atoms with van der Waals surface area (Å²) in [6, 6.07) is 16.9. The molecule has 5 nitrogen and oxygen atoms in total. The van der Waals surface area contributed by atoms with Crippen LogP contribution in [0.25, 0.3) is 10.9 Å². The molecule has 5 heteroatoms. The number of para-hydroxylation sites is 1. The minimum atomic E-state index is -0.675. The summed E-state index contributed by atoms with van der Waals surface area (Å²) in [4.78, 5) is 12.4. The van der Waals surface area contributed by atoms with Crippen LogP contribution in [0.2, 0.25) is 0 Å². The fourth-order valence-corrected chi connectivity index (χ4v) is 2.89. The molecule has 1 unspecified atom stereocenters. The van der Waals surface area contributed by atoms with Crippen molar-refractivity contribution in [1.82, 2.24) is 15.5 Å². The number of rotatable bonds is 4. The van der Waals surface area contributed by atoms with Crippen LogP contribution >= 0.6 is 0 Å². The van der Waals surface area contributed by atoms with Crippen LogP contribution in [0.1, 0.15) is 43.6 Å². The molecule has 0 aliphatic rings. The molecule has 1 heterocycles. The van der Waals surface area contributed by atoms with Gasteiger partial charge in [-0.1, -0.05) is 63.2 Å². The van der Waals surface area contributed by atoms with Gasteiger partial charge in [-0.05, 0) is 22.6 Å². The quantitative estimate of drug-likeness (QED) is 0.754. The largest absolute Gasteiger partial charge is 0.336 e. The van der Waals surface area contributed by atoms with Gasteiger partial charge in [0.25, 0.3) is 0 Å². The lowest BCUT2D eigenvalue weighted by atomic mass is 9.86. The van der Waals surface area contributed by atoms with E-state index >= 15 is 0 Å². The molecule has 2 aromatic carbocycles. The number of aromatic amines is 1. The van der Waals surface area contributed by atoms with Crippen LogP contribution in [0, 0.1) is 11.3 Å². The smallest absolute Gasteiger partial charge is 0.227 e. The van der Waals surface area contributed by atoms with Gasteiger partial charge < -0.3 is 5.32 Å². The first kappa shape index (κ1) is 17.7. The maximum atomic E-state index is 12.4. The van der Waals surface area contributed by atoms with Crippen LogP contribution in [0.15, 0.2) is 48.5 Å². The summed E-state index contributed by atoms with van der Waals surface area (Å²) < 4.78 is 0. The van der Waals surface area contributed by atoms with E-state index in [1.165, 1.54) is 5.56 Å². The molecule has 0 saturated heterocycles. The minimum Gasteiger partial charge on any atom is -0.336 e. The predicted molar refractivity (Wildman–Crippen MR) is 101 cm³/mol. The summed E-state index contributed by atoms with van der Waals surface area (Å²) in [7, 11) is 0. The predicted octanol–water partition coefficient (Wildman–Crippen LogP) is 3.78. The molecule has 0 bridgehead atoms. The standard InChI is InChI=1S/C21H22N4O/c1-21(2,3)15-10-8-14(9-11-15)19(13-22)23-20(26)12-18-16-6-4-5-7-17(16)24-25-18/h4-11,19H,12H2,1-3H3,(H,23,26)(H,24,25). The zero-order valence-corrected chi connectivity index (χ0v) is 15.2. The second-order valence-electron chi connectivity index (χ2n) is 7.40. The Hall–Kier alpha value is -3.13. The van der Waals surface area contributed by atoms with Crippen molar-refractivity contribution >= 4 is 16.8 Å². The second-order valence-corrected chi connectivity index (χ2v) is 7.40. The number of hydrogen-bond donors (Lipinski definition) is 2. The van der Waals surface area contributed by atoms with E-state index in [-0.39, 0.29) is 17.7 Å². The number of amides is 1. The van der Waals surface area contributed by atoms with Crippen molar-refractivity contribution in [3.63, 3.8) is 0 Å². The highest BCUT2D eigenvalue weighted by atomic mass is 16.1. The average Bonchev–Trinajstić information content (AvgIpc) is 3.02. The monoisotopic (exact) mass is 346 g/mol. The number of carbonyl (C=O) groups is 1. The average molecular weight is 346 g/mol. The lowest BCUT2D eigenvalue weighted by Crippen LogP contribution is -2.29. The molecule has 0 radical (unpaired) electrons. The van der Waals surface area contributed by atoms with Crippen LogP contribution in [-0.2, 0) is 16.6 Å². The van der Waals surface area contributed by atoms with Gasteiger partial charge in [0.1, 0.15) is 6.04 Å².